The van der Waals surface area contributed by atoms with E-state index in [0.717, 1.165) is 17.8 Å². The Labute approximate surface area is 195 Å². The van der Waals surface area contributed by atoms with Crippen molar-refractivity contribution in [2.75, 3.05) is 25.6 Å². The van der Waals surface area contributed by atoms with Crippen LogP contribution in [0, 0.1) is 23.2 Å². The van der Waals surface area contributed by atoms with Gasteiger partial charge in [-0.3, -0.25) is 14.0 Å². The predicted octanol–water partition coefficient (Wildman–Crippen LogP) is 4.38. The number of anilines is 1. The number of amides is 2. The van der Waals surface area contributed by atoms with Crippen LogP contribution in [0.1, 0.15) is 69.3 Å². The minimum Gasteiger partial charge on any atom is -0.383 e. The molecule has 0 unspecified atom stereocenters. The number of pyridine rings is 1. The molecule has 4 aliphatic carbocycles. The summed E-state index contributed by atoms with van der Waals surface area (Å²) in [5.74, 6) is 3.11. The predicted molar refractivity (Wildman–Crippen MR) is 127 cm³/mol. The second kappa shape index (κ2) is 8.75. The van der Waals surface area contributed by atoms with Crippen LogP contribution in [0.3, 0.4) is 0 Å². The molecular formula is C26H36N4O3. The lowest BCUT2D eigenvalue weighted by Crippen LogP contribution is -2.47. The smallest absolute Gasteiger partial charge is 0.274 e. The van der Waals surface area contributed by atoms with Crippen LogP contribution < -0.4 is 5.32 Å². The highest BCUT2D eigenvalue weighted by Gasteiger charge is 2.51. The Kier molecular flexibility index (Phi) is 5.93. The van der Waals surface area contributed by atoms with Crippen LogP contribution in [0.5, 0.6) is 0 Å². The molecule has 2 amide bonds. The summed E-state index contributed by atoms with van der Waals surface area (Å²) in [4.78, 5) is 32.6. The van der Waals surface area contributed by atoms with Crippen LogP contribution in [0.2, 0.25) is 0 Å². The van der Waals surface area contributed by atoms with Gasteiger partial charge in [0.1, 0.15) is 17.2 Å². The van der Waals surface area contributed by atoms with Crippen LogP contribution in [-0.2, 0) is 9.53 Å². The van der Waals surface area contributed by atoms with Gasteiger partial charge in [-0.05, 0) is 87.7 Å². The quantitative estimate of drug-likeness (QED) is 0.645. The third-order valence-electron chi connectivity index (χ3n) is 8.10. The lowest BCUT2D eigenvalue weighted by molar-refractivity contribution is -0.124. The molecule has 0 atom stereocenters. The molecule has 1 N–H and O–H groups in total. The van der Waals surface area contributed by atoms with E-state index in [1.54, 1.807) is 18.2 Å². The molecule has 6 rings (SSSR count). The summed E-state index contributed by atoms with van der Waals surface area (Å²) in [5.41, 5.74) is 1.23. The minimum absolute atomic E-state index is 0.0388. The van der Waals surface area contributed by atoms with Crippen molar-refractivity contribution in [1.82, 2.24) is 14.3 Å². The first-order chi connectivity index (χ1) is 15.9. The topological polar surface area (TPSA) is 75.9 Å². The Morgan fingerprint density at radius 2 is 1.85 bits per heavy atom. The fourth-order valence-electron chi connectivity index (χ4n) is 7.18. The molecule has 0 radical (unpaired) electrons. The summed E-state index contributed by atoms with van der Waals surface area (Å²) < 4.78 is 6.98. The Morgan fingerprint density at radius 1 is 1.18 bits per heavy atom. The summed E-state index contributed by atoms with van der Waals surface area (Å²) in [6, 6.07) is 5.66. The fraction of sp³-hybridized carbons (Fsp3) is 0.654. The average Bonchev–Trinajstić information content (AvgIpc) is 3.17. The zero-order valence-corrected chi connectivity index (χ0v) is 20.0. The number of hydrogen-bond acceptors (Lipinski definition) is 4. The van der Waals surface area contributed by atoms with Gasteiger partial charge >= 0.3 is 0 Å². The molecule has 2 aromatic heterocycles. The number of nitrogens with one attached hydrogen (secondary N) is 1. The van der Waals surface area contributed by atoms with E-state index in [9.17, 15) is 9.59 Å². The number of nitrogens with zero attached hydrogens (tertiary/aromatic N) is 3. The molecule has 178 valence electrons. The van der Waals surface area contributed by atoms with Gasteiger partial charge in [0, 0.05) is 32.3 Å². The van der Waals surface area contributed by atoms with E-state index in [2.05, 4.69) is 10.3 Å². The number of imidazole rings is 1. The number of ether oxygens (including phenoxy) is 1. The Hall–Kier alpha value is -2.41. The molecule has 4 aliphatic rings. The first-order valence-electron chi connectivity index (χ1n) is 12.4. The molecule has 2 aromatic rings. The summed E-state index contributed by atoms with van der Waals surface area (Å²) >= 11 is 0. The van der Waals surface area contributed by atoms with Gasteiger partial charge in [0.25, 0.3) is 5.91 Å². The highest BCUT2D eigenvalue weighted by Crippen LogP contribution is 2.61. The zero-order chi connectivity index (χ0) is 23.2. The first-order valence-corrected chi connectivity index (χ1v) is 12.4. The molecule has 0 aromatic carbocycles. The van der Waals surface area contributed by atoms with Gasteiger partial charge < -0.3 is 15.0 Å². The molecular weight excluding hydrogens is 416 g/mol. The second-order valence-electron chi connectivity index (χ2n) is 11.0. The molecule has 4 fully saturated rings. The van der Waals surface area contributed by atoms with Crippen molar-refractivity contribution in [2.24, 2.45) is 23.2 Å². The minimum atomic E-state index is -0.128. The fourth-order valence-corrected chi connectivity index (χ4v) is 7.18. The van der Waals surface area contributed by atoms with Crippen molar-refractivity contribution in [1.29, 1.82) is 0 Å². The molecule has 7 nitrogen and oxygen atoms in total. The highest BCUT2D eigenvalue weighted by molar-refractivity contribution is 5.94. The molecule has 0 aliphatic heterocycles. The summed E-state index contributed by atoms with van der Waals surface area (Å²) in [5, 5.41) is 3.14. The molecule has 4 saturated carbocycles. The number of aromatic nitrogens is 2. The van der Waals surface area contributed by atoms with Crippen LogP contribution in [0.4, 0.5) is 5.82 Å². The maximum Gasteiger partial charge on any atom is 0.274 e. The Balaban J connectivity index is 1.32. The summed E-state index contributed by atoms with van der Waals surface area (Å²) in [7, 11) is 1.63. The summed E-state index contributed by atoms with van der Waals surface area (Å²) in [6.07, 6.45) is 10.1. The number of rotatable bonds is 8. The highest BCUT2D eigenvalue weighted by atomic mass is 16.5. The molecule has 0 saturated heterocycles. The van der Waals surface area contributed by atoms with E-state index in [1.165, 1.54) is 38.5 Å². The van der Waals surface area contributed by atoms with E-state index >= 15 is 0 Å². The maximum atomic E-state index is 13.2. The van der Waals surface area contributed by atoms with Gasteiger partial charge in [-0.2, -0.15) is 0 Å². The Morgan fingerprint density at radius 3 is 2.45 bits per heavy atom. The summed E-state index contributed by atoms with van der Waals surface area (Å²) in [6.45, 7) is 4.96. The number of fused-ring (bicyclic) bond motifs is 1. The molecule has 33 heavy (non-hydrogen) atoms. The van der Waals surface area contributed by atoms with E-state index in [0.29, 0.717) is 36.7 Å². The van der Waals surface area contributed by atoms with Crippen LogP contribution in [-0.4, -0.2) is 52.4 Å². The van der Waals surface area contributed by atoms with Crippen molar-refractivity contribution in [3.05, 3.63) is 30.1 Å². The van der Waals surface area contributed by atoms with Gasteiger partial charge in [-0.1, -0.05) is 6.07 Å². The molecule has 0 spiro atoms. The number of carbonyl (C=O) groups excluding carboxylic acids is 2. The van der Waals surface area contributed by atoms with Gasteiger partial charge in [0.05, 0.1) is 6.61 Å². The molecule has 4 bridgehead atoms. The number of carbonyl (C=O) groups is 2. The van der Waals surface area contributed by atoms with Crippen molar-refractivity contribution < 1.29 is 14.3 Å². The number of hydrogen-bond donors (Lipinski definition) is 1. The largest absolute Gasteiger partial charge is 0.383 e. The van der Waals surface area contributed by atoms with E-state index < -0.39 is 0 Å². The lowest BCUT2D eigenvalue weighted by atomic mass is 9.49. The van der Waals surface area contributed by atoms with Gasteiger partial charge in [-0.15, -0.1) is 0 Å². The van der Waals surface area contributed by atoms with Gasteiger partial charge in [0.15, 0.2) is 0 Å². The zero-order valence-electron chi connectivity index (χ0n) is 20.0. The molecule has 2 heterocycles. The second-order valence-corrected chi connectivity index (χ2v) is 11.0. The van der Waals surface area contributed by atoms with Crippen molar-refractivity contribution >= 4 is 23.3 Å². The monoisotopic (exact) mass is 452 g/mol. The third-order valence-corrected chi connectivity index (χ3v) is 8.10. The maximum absolute atomic E-state index is 13.2. The standard InChI is InChI=1S/C26H36N4O3/c1-17(2)29(7-8-33-3)25(32)21-16-30-22(27-21)5-4-6-23(30)28-24(31)15-26-12-18-9-19(13-26)11-20(10-18)14-26/h4-6,16-20H,7-15H2,1-3H3,(H,28,31). The Bertz CT molecular complexity index is 1010. The van der Waals surface area contributed by atoms with Gasteiger partial charge in [0.2, 0.25) is 5.91 Å². The van der Waals surface area contributed by atoms with Crippen LogP contribution >= 0.6 is 0 Å². The van der Waals surface area contributed by atoms with E-state index in [-0.39, 0.29) is 23.3 Å². The first kappa shape index (κ1) is 22.4. The van der Waals surface area contributed by atoms with Crippen molar-refractivity contribution in [3.8, 4) is 0 Å². The van der Waals surface area contributed by atoms with Crippen LogP contribution in [0.15, 0.2) is 24.4 Å². The van der Waals surface area contributed by atoms with Gasteiger partial charge in [-0.25, -0.2) is 4.98 Å². The van der Waals surface area contributed by atoms with E-state index in [4.69, 9.17) is 4.74 Å². The van der Waals surface area contributed by atoms with E-state index in [1.807, 2.05) is 36.4 Å². The van der Waals surface area contributed by atoms with Crippen LogP contribution in [0.25, 0.3) is 5.65 Å². The van der Waals surface area contributed by atoms with Crippen molar-refractivity contribution in [3.63, 3.8) is 0 Å². The third kappa shape index (κ3) is 4.39. The lowest BCUT2D eigenvalue weighted by Gasteiger charge is -2.56. The SMILES string of the molecule is COCCN(C(=O)c1cn2c(NC(=O)CC34CC5CC(CC(C5)C3)C4)cccc2n1)C(C)C. The average molecular weight is 453 g/mol. The van der Waals surface area contributed by atoms with Crippen molar-refractivity contribution in [2.45, 2.75) is 64.8 Å². The molecule has 7 heteroatoms. The normalized spacial score (nSPS) is 27.9. The number of methoxy groups -OCH3 is 1.